The lowest BCUT2D eigenvalue weighted by Crippen LogP contribution is -2.52. The minimum atomic E-state index is 0. The van der Waals surface area contributed by atoms with E-state index >= 15 is 0 Å². The standard InChI is InChI=1S/C20H37ClN2.C9H19NO.CH4.4H2O/c1-6-22-19(15(2)3)13-23-12-11-18(20(4,5)14-23)16-7-9-17(21)10-8-16;1-9(2,3)11-8-10-6-4-5-7-10;;;;;/h7,9,15-19,22H,6,8,10-14H2,1-5H3;4-8H2,1-3H3;1H4;4*1H2/t16?,17?,18?,19-;;;;;;/m0....../s1. The molecule has 9 heteroatoms. The molecule has 9 N–H and O–H groups in total. The SMILES string of the molecule is C.CC(C)(C)OCN1CCCC1.CCN[C@@H](CN1CCC(C2C=CC(Cl)CC2)C(C)(C)C1)C(C)C.O.O.O.O. The monoisotopic (exact) mass is 585 g/mol. The number of likely N-dealkylation sites (tertiary alicyclic amines) is 2. The van der Waals surface area contributed by atoms with Crippen LogP contribution >= 0.6 is 11.6 Å². The molecule has 3 unspecified atom stereocenters. The molecule has 0 saturated carbocycles. The van der Waals surface area contributed by atoms with Crippen LogP contribution in [0.2, 0.25) is 0 Å². The Bertz CT molecular complexity index is 610. The summed E-state index contributed by atoms with van der Waals surface area (Å²) in [5, 5.41) is 3.93. The molecule has 0 bridgehead atoms. The normalized spacial score (nSPS) is 25.4. The largest absolute Gasteiger partial charge is 0.412 e. The first-order valence-electron chi connectivity index (χ1n) is 14.1. The van der Waals surface area contributed by atoms with E-state index in [4.69, 9.17) is 16.3 Å². The van der Waals surface area contributed by atoms with Crippen molar-refractivity contribution in [1.82, 2.24) is 15.1 Å². The predicted molar refractivity (Wildman–Crippen MR) is 170 cm³/mol. The average molecular weight is 586 g/mol. The highest BCUT2D eigenvalue weighted by Crippen LogP contribution is 2.43. The fraction of sp³-hybridized carbons (Fsp3) is 0.933. The summed E-state index contributed by atoms with van der Waals surface area (Å²) in [6, 6.07) is 0.610. The minimum Gasteiger partial charge on any atom is -0.412 e. The Balaban J connectivity index is -0.000000331. The number of halogens is 1. The summed E-state index contributed by atoms with van der Waals surface area (Å²) < 4.78 is 5.64. The first-order valence-corrected chi connectivity index (χ1v) is 14.5. The molecule has 0 aromatic heterocycles. The molecule has 3 rings (SSSR count). The van der Waals surface area contributed by atoms with E-state index in [9.17, 15) is 0 Å². The number of alkyl halides is 1. The highest BCUT2D eigenvalue weighted by Gasteiger charge is 2.40. The number of piperidine rings is 1. The van der Waals surface area contributed by atoms with Crippen LogP contribution in [-0.4, -0.2) is 94.7 Å². The van der Waals surface area contributed by atoms with E-state index in [1.165, 1.54) is 58.4 Å². The lowest BCUT2D eigenvalue weighted by atomic mass is 9.65. The van der Waals surface area contributed by atoms with Gasteiger partial charge in [-0.25, -0.2) is 0 Å². The van der Waals surface area contributed by atoms with Gasteiger partial charge in [0.1, 0.15) is 0 Å². The van der Waals surface area contributed by atoms with Gasteiger partial charge in [0.15, 0.2) is 0 Å². The molecule has 2 aliphatic heterocycles. The number of allylic oxidation sites excluding steroid dienone is 2. The van der Waals surface area contributed by atoms with E-state index in [0.717, 1.165) is 31.5 Å². The van der Waals surface area contributed by atoms with E-state index in [-0.39, 0.29) is 40.3 Å². The summed E-state index contributed by atoms with van der Waals surface area (Å²) in [5.74, 6) is 2.23. The Morgan fingerprint density at radius 2 is 1.54 bits per heavy atom. The summed E-state index contributed by atoms with van der Waals surface area (Å²) in [6.45, 7) is 26.1. The van der Waals surface area contributed by atoms with Crippen LogP contribution in [-0.2, 0) is 4.74 Å². The van der Waals surface area contributed by atoms with Gasteiger partial charge in [-0.15, -0.1) is 11.6 Å². The summed E-state index contributed by atoms with van der Waals surface area (Å²) in [5.41, 5.74) is 0.405. The summed E-state index contributed by atoms with van der Waals surface area (Å²) in [4.78, 5) is 5.06. The second kappa shape index (κ2) is 21.4. The minimum absolute atomic E-state index is 0. The predicted octanol–water partition coefficient (Wildman–Crippen LogP) is 3.73. The van der Waals surface area contributed by atoms with E-state index in [0.29, 0.717) is 17.4 Å². The fourth-order valence-corrected chi connectivity index (χ4v) is 6.04. The van der Waals surface area contributed by atoms with Crippen LogP contribution < -0.4 is 5.32 Å². The molecule has 8 nitrogen and oxygen atoms in total. The lowest BCUT2D eigenvalue weighted by molar-refractivity contribution is -0.0566. The molecule has 0 aromatic carbocycles. The molecule has 240 valence electrons. The third kappa shape index (κ3) is 16.7. The second-order valence-electron chi connectivity index (χ2n) is 12.9. The molecule has 4 atom stereocenters. The van der Waals surface area contributed by atoms with Gasteiger partial charge in [0.25, 0.3) is 0 Å². The van der Waals surface area contributed by atoms with Crippen molar-refractivity contribution in [3.8, 4) is 0 Å². The topological polar surface area (TPSA) is 154 Å². The van der Waals surface area contributed by atoms with Crippen molar-refractivity contribution in [2.45, 2.75) is 112 Å². The summed E-state index contributed by atoms with van der Waals surface area (Å²) >= 11 is 6.23. The van der Waals surface area contributed by atoms with E-state index in [1.54, 1.807) is 0 Å². The van der Waals surface area contributed by atoms with Gasteiger partial charge >= 0.3 is 0 Å². The van der Waals surface area contributed by atoms with Crippen LogP contribution in [0.1, 0.15) is 94.9 Å². The molecule has 2 saturated heterocycles. The van der Waals surface area contributed by atoms with Gasteiger partial charge in [-0.1, -0.05) is 54.2 Å². The van der Waals surface area contributed by atoms with Crippen molar-refractivity contribution in [1.29, 1.82) is 0 Å². The molecule has 2 fully saturated rings. The van der Waals surface area contributed by atoms with E-state index < -0.39 is 0 Å². The fourth-order valence-electron chi connectivity index (χ4n) is 5.83. The zero-order valence-electron chi connectivity index (χ0n) is 25.7. The first-order chi connectivity index (χ1) is 15.9. The molecule has 3 aliphatic rings. The van der Waals surface area contributed by atoms with Gasteiger partial charge in [-0.3, -0.25) is 4.90 Å². The zero-order chi connectivity index (χ0) is 25.4. The van der Waals surface area contributed by atoms with Crippen molar-refractivity contribution in [3.05, 3.63) is 12.2 Å². The number of nitrogens with one attached hydrogen (secondary N) is 1. The number of hydrogen-bond acceptors (Lipinski definition) is 4. The summed E-state index contributed by atoms with van der Waals surface area (Å²) in [7, 11) is 0. The van der Waals surface area contributed by atoms with Crippen molar-refractivity contribution >= 4 is 11.6 Å². The van der Waals surface area contributed by atoms with Crippen LogP contribution in [0, 0.1) is 23.2 Å². The molecular formula is C30H68ClN3O5. The van der Waals surface area contributed by atoms with Gasteiger partial charge in [0.05, 0.1) is 17.7 Å². The smallest absolute Gasteiger partial charge is 0.0997 e. The molecule has 2 heterocycles. The number of rotatable bonds is 8. The van der Waals surface area contributed by atoms with Crippen LogP contribution in [0.4, 0.5) is 0 Å². The van der Waals surface area contributed by atoms with Crippen molar-refractivity contribution < 1.29 is 26.6 Å². The molecule has 0 radical (unpaired) electrons. The van der Waals surface area contributed by atoms with Gasteiger partial charge < -0.3 is 36.9 Å². The van der Waals surface area contributed by atoms with Crippen LogP contribution in [0.3, 0.4) is 0 Å². The lowest BCUT2D eigenvalue weighted by Gasteiger charge is -2.48. The van der Waals surface area contributed by atoms with Crippen molar-refractivity contribution in [2.24, 2.45) is 23.2 Å². The Morgan fingerprint density at radius 1 is 0.949 bits per heavy atom. The molecule has 1 aliphatic carbocycles. The maximum Gasteiger partial charge on any atom is 0.0997 e. The van der Waals surface area contributed by atoms with Gasteiger partial charge in [-0.2, -0.15) is 0 Å². The highest BCUT2D eigenvalue weighted by atomic mass is 35.5. The Labute approximate surface area is 246 Å². The second-order valence-corrected chi connectivity index (χ2v) is 13.4. The van der Waals surface area contributed by atoms with Crippen LogP contribution in [0.5, 0.6) is 0 Å². The molecule has 0 aromatic rings. The van der Waals surface area contributed by atoms with Gasteiger partial charge in [0, 0.05) is 32.2 Å². The van der Waals surface area contributed by atoms with Gasteiger partial charge in [-0.05, 0) is 89.1 Å². The van der Waals surface area contributed by atoms with E-state index in [1.807, 2.05) is 0 Å². The highest BCUT2D eigenvalue weighted by molar-refractivity contribution is 6.21. The number of hydrogen-bond donors (Lipinski definition) is 1. The number of nitrogens with zero attached hydrogens (tertiary/aromatic N) is 2. The Kier molecular flexibility index (Phi) is 25.1. The van der Waals surface area contributed by atoms with Crippen LogP contribution in [0.25, 0.3) is 0 Å². The number of ether oxygens (including phenoxy) is 1. The molecule has 39 heavy (non-hydrogen) atoms. The van der Waals surface area contributed by atoms with Gasteiger partial charge in [0.2, 0.25) is 0 Å². The summed E-state index contributed by atoms with van der Waals surface area (Å²) in [6.07, 6.45) is 11.1. The van der Waals surface area contributed by atoms with Crippen molar-refractivity contribution in [3.63, 3.8) is 0 Å². The average Bonchev–Trinajstić information content (AvgIpc) is 3.26. The quantitative estimate of drug-likeness (QED) is 0.340. The maximum atomic E-state index is 6.23. The zero-order valence-corrected chi connectivity index (χ0v) is 26.5. The molecular weight excluding hydrogens is 518 g/mol. The van der Waals surface area contributed by atoms with Crippen molar-refractivity contribution in [2.75, 3.05) is 46.0 Å². The third-order valence-corrected chi connectivity index (χ3v) is 8.22. The third-order valence-electron chi connectivity index (χ3n) is 7.86. The van der Waals surface area contributed by atoms with Crippen LogP contribution in [0.15, 0.2) is 12.2 Å². The first kappa shape index (κ1) is 45.7. The molecule has 0 amide bonds. The van der Waals surface area contributed by atoms with E-state index in [2.05, 4.69) is 82.7 Å². The Hall–Kier alpha value is -0.290. The number of likely N-dealkylation sites (N-methyl/N-ethyl adjacent to an activating group) is 1. The maximum absolute atomic E-state index is 6.23. The molecule has 0 spiro atoms. The Morgan fingerprint density at radius 3 is 1.97 bits per heavy atom.